The second-order valence-electron chi connectivity index (χ2n) is 7.18. The highest BCUT2D eigenvalue weighted by atomic mass is 35.5. The number of amides is 1. The molecule has 0 aliphatic carbocycles. The number of hydrogen-bond donors (Lipinski definition) is 2. The number of aromatic nitrogens is 3. The van der Waals surface area contributed by atoms with Crippen LogP contribution < -0.4 is 10.6 Å². The van der Waals surface area contributed by atoms with Crippen LogP contribution in [-0.4, -0.2) is 26.2 Å². The summed E-state index contributed by atoms with van der Waals surface area (Å²) in [4.78, 5) is 34.6. The Bertz CT molecular complexity index is 1330. The number of benzene rings is 1. The Morgan fingerprint density at radius 1 is 1.19 bits per heavy atom. The first-order valence-electron chi connectivity index (χ1n) is 9.69. The number of nitrogens with zero attached hydrogens (tertiary/aromatic N) is 3. The number of fused-ring (bicyclic) bond motifs is 1. The van der Waals surface area contributed by atoms with E-state index in [4.69, 9.17) is 11.6 Å². The molecule has 3 aromatic heterocycles. The first kappa shape index (κ1) is 21.9. The Morgan fingerprint density at radius 2 is 2.00 bits per heavy atom. The second kappa shape index (κ2) is 9.05. The number of ketones is 1. The highest BCUT2D eigenvalue weighted by molar-refractivity contribution is 7.14. The van der Waals surface area contributed by atoms with Gasteiger partial charge >= 0.3 is 0 Å². The minimum absolute atomic E-state index is 0.000454. The van der Waals surface area contributed by atoms with Gasteiger partial charge in [-0.2, -0.15) is 0 Å². The molecular weight excluding hydrogens is 453 g/mol. The lowest BCUT2D eigenvalue weighted by atomic mass is 10.2. The molecule has 10 heteroatoms. The molecule has 0 spiro atoms. The molecule has 0 aliphatic rings. The van der Waals surface area contributed by atoms with E-state index in [1.54, 1.807) is 17.6 Å². The van der Waals surface area contributed by atoms with Gasteiger partial charge in [0.25, 0.3) is 5.91 Å². The third-order valence-electron chi connectivity index (χ3n) is 4.87. The van der Waals surface area contributed by atoms with E-state index in [0.717, 1.165) is 10.6 Å². The zero-order chi connectivity index (χ0) is 22.8. The maximum Gasteiger partial charge on any atom is 0.272 e. The predicted octanol–water partition coefficient (Wildman–Crippen LogP) is 4.57. The molecule has 1 aromatic carbocycles. The first-order chi connectivity index (χ1) is 15.3. The van der Waals surface area contributed by atoms with E-state index in [2.05, 4.69) is 20.6 Å². The monoisotopic (exact) mass is 471 g/mol. The Morgan fingerprint density at radius 3 is 2.72 bits per heavy atom. The second-order valence-corrected chi connectivity index (χ2v) is 8.76. The average molecular weight is 472 g/mol. The topological polar surface area (TPSA) is 88.9 Å². The molecule has 0 radical (unpaired) electrons. The van der Waals surface area contributed by atoms with Crippen LogP contribution in [0, 0.1) is 5.82 Å². The van der Waals surface area contributed by atoms with Gasteiger partial charge in [-0.1, -0.05) is 17.7 Å². The molecule has 0 fully saturated rings. The zero-order valence-corrected chi connectivity index (χ0v) is 18.9. The number of anilines is 1. The Labute approximate surface area is 192 Å². The van der Waals surface area contributed by atoms with Gasteiger partial charge in [-0.05, 0) is 36.8 Å². The van der Waals surface area contributed by atoms with Gasteiger partial charge in [-0.3, -0.25) is 9.59 Å². The van der Waals surface area contributed by atoms with Crippen LogP contribution >= 0.6 is 22.9 Å². The van der Waals surface area contributed by atoms with Crippen molar-refractivity contribution in [1.82, 2.24) is 19.9 Å². The van der Waals surface area contributed by atoms with Crippen LogP contribution in [0.3, 0.4) is 0 Å². The summed E-state index contributed by atoms with van der Waals surface area (Å²) in [5, 5.41) is 6.11. The van der Waals surface area contributed by atoms with Crippen molar-refractivity contribution >= 4 is 51.3 Å². The van der Waals surface area contributed by atoms with E-state index < -0.39 is 5.82 Å². The van der Waals surface area contributed by atoms with Crippen LogP contribution in [0.5, 0.6) is 0 Å². The van der Waals surface area contributed by atoms with E-state index >= 15 is 0 Å². The number of Topliss-reactive ketones (excluding diaryl/α,β-unsaturated/α-hetero) is 1. The van der Waals surface area contributed by atoms with Gasteiger partial charge in [0.2, 0.25) is 0 Å². The van der Waals surface area contributed by atoms with E-state index in [1.165, 1.54) is 29.8 Å². The minimum Gasteiger partial charge on any atom is -0.377 e. The summed E-state index contributed by atoms with van der Waals surface area (Å²) >= 11 is 7.24. The molecule has 0 atom stereocenters. The van der Waals surface area contributed by atoms with Gasteiger partial charge in [0, 0.05) is 31.2 Å². The molecule has 4 aromatic rings. The molecule has 4 rings (SSSR count). The molecule has 0 bridgehead atoms. The average Bonchev–Trinajstić information content (AvgIpc) is 3.38. The maximum absolute atomic E-state index is 13.3. The Kier molecular flexibility index (Phi) is 6.20. The molecule has 0 unspecified atom stereocenters. The summed E-state index contributed by atoms with van der Waals surface area (Å²) in [7, 11) is 1.81. The molecule has 0 saturated carbocycles. The van der Waals surface area contributed by atoms with Gasteiger partial charge in [0.15, 0.2) is 11.5 Å². The first-order valence-corrected chi connectivity index (χ1v) is 10.9. The van der Waals surface area contributed by atoms with Gasteiger partial charge in [-0.25, -0.2) is 14.4 Å². The summed E-state index contributed by atoms with van der Waals surface area (Å²) in [6.07, 6.45) is 3.19. The lowest BCUT2D eigenvalue weighted by Gasteiger charge is -2.08. The fourth-order valence-corrected chi connectivity index (χ4v) is 4.33. The summed E-state index contributed by atoms with van der Waals surface area (Å²) < 4.78 is 15.1. The maximum atomic E-state index is 13.3. The number of aryl methyl sites for hydroxylation is 1. The molecule has 0 aliphatic heterocycles. The number of carbonyl (C=O) groups is 2. The molecule has 32 heavy (non-hydrogen) atoms. The van der Waals surface area contributed by atoms with Gasteiger partial charge in [0.1, 0.15) is 23.2 Å². The third kappa shape index (κ3) is 4.49. The third-order valence-corrected chi connectivity index (χ3v) is 6.34. The van der Waals surface area contributed by atoms with Crippen LogP contribution in [0.2, 0.25) is 5.02 Å². The number of rotatable bonds is 7. The lowest BCUT2D eigenvalue weighted by Crippen LogP contribution is -2.24. The summed E-state index contributed by atoms with van der Waals surface area (Å²) in [6.45, 7) is 2.24. The van der Waals surface area contributed by atoms with Crippen LogP contribution in [0.4, 0.5) is 10.1 Å². The highest BCUT2D eigenvalue weighted by Crippen LogP contribution is 2.26. The van der Waals surface area contributed by atoms with Crippen molar-refractivity contribution in [3.63, 3.8) is 0 Å². The van der Waals surface area contributed by atoms with Crippen molar-refractivity contribution in [3.8, 4) is 0 Å². The van der Waals surface area contributed by atoms with Gasteiger partial charge in [0.05, 0.1) is 15.6 Å². The highest BCUT2D eigenvalue weighted by Gasteiger charge is 2.18. The van der Waals surface area contributed by atoms with Crippen LogP contribution in [0.1, 0.15) is 37.5 Å². The summed E-state index contributed by atoms with van der Waals surface area (Å²) in [5.41, 5.74) is 2.85. The van der Waals surface area contributed by atoms with Crippen molar-refractivity contribution in [3.05, 3.63) is 74.7 Å². The van der Waals surface area contributed by atoms with Gasteiger partial charge in [-0.15, -0.1) is 11.3 Å². The number of nitrogens with one attached hydrogen (secondary N) is 2. The van der Waals surface area contributed by atoms with E-state index in [9.17, 15) is 14.0 Å². The summed E-state index contributed by atoms with van der Waals surface area (Å²) in [5.74, 6) is -0.851. The van der Waals surface area contributed by atoms with E-state index in [-0.39, 0.29) is 29.0 Å². The minimum atomic E-state index is -0.511. The van der Waals surface area contributed by atoms with Crippen molar-refractivity contribution in [1.29, 1.82) is 0 Å². The zero-order valence-electron chi connectivity index (χ0n) is 17.3. The van der Waals surface area contributed by atoms with Crippen LogP contribution in [-0.2, 0) is 20.1 Å². The van der Waals surface area contributed by atoms with Crippen molar-refractivity contribution in [2.45, 2.75) is 20.0 Å². The molecule has 0 saturated heterocycles. The largest absolute Gasteiger partial charge is 0.377 e. The fourth-order valence-electron chi connectivity index (χ4n) is 3.28. The van der Waals surface area contributed by atoms with Crippen LogP contribution in [0.25, 0.3) is 11.0 Å². The molecule has 7 nitrogen and oxygen atoms in total. The molecule has 1 amide bonds. The van der Waals surface area contributed by atoms with Crippen LogP contribution in [0.15, 0.2) is 42.9 Å². The number of hydrogen-bond acceptors (Lipinski definition) is 6. The van der Waals surface area contributed by atoms with Crippen molar-refractivity contribution < 1.29 is 14.0 Å². The molecule has 2 N–H and O–H groups in total. The lowest BCUT2D eigenvalue weighted by molar-refractivity contribution is 0.0946. The fraction of sp³-hybridized carbons (Fsp3) is 0.182. The standard InChI is InChI=1S/C22H19ClFN5O2S/c1-12(30)18-6-4-14(32-18)9-25-17-10-29(2)21-19(17)27-11-28-20(21)22(31)26-8-13-3-5-16(24)15(23)7-13/h3-7,10-11,25H,8-9H2,1-2H3,(H,26,31). The van der Waals surface area contributed by atoms with Crippen molar-refractivity contribution in [2.24, 2.45) is 7.05 Å². The molecular formula is C22H19ClFN5O2S. The molecule has 3 heterocycles. The number of halogens is 2. The number of carbonyl (C=O) groups excluding carboxylic acids is 2. The van der Waals surface area contributed by atoms with E-state index in [1.807, 2.05) is 25.4 Å². The summed E-state index contributed by atoms with van der Waals surface area (Å²) in [6, 6.07) is 8.01. The van der Waals surface area contributed by atoms with E-state index in [0.29, 0.717) is 28.0 Å². The number of thiophene rings is 1. The Hall–Kier alpha value is -3.30. The normalized spacial score (nSPS) is 11.0. The SMILES string of the molecule is CC(=O)c1ccc(CNc2cn(C)c3c(C(=O)NCc4ccc(F)c(Cl)c4)ncnc23)s1. The Balaban J connectivity index is 1.52. The molecule has 164 valence electrons. The van der Waals surface area contributed by atoms with Crippen molar-refractivity contribution in [2.75, 3.05) is 5.32 Å². The predicted molar refractivity (Wildman–Crippen MR) is 123 cm³/mol. The quantitative estimate of drug-likeness (QED) is 0.385. The van der Waals surface area contributed by atoms with Gasteiger partial charge < -0.3 is 15.2 Å². The smallest absolute Gasteiger partial charge is 0.272 e.